The summed E-state index contributed by atoms with van der Waals surface area (Å²) in [5.41, 5.74) is 0. The first-order valence-electron chi connectivity index (χ1n) is 6.18. The average molecular weight is 260 g/mol. The van der Waals surface area contributed by atoms with Crippen LogP contribution in [0.3, 0.4) is 0 Å². The predicted molar refractivity (Wildman–Crippen MR) is 68.2 cm³/mol. The second kappa shape index (κ2) is 11.1. The molecule has 0 heterocycles. The molecular weight excluding hydrogens is 236 g/mol. The summed E-state index contributed by atoms with van der Waals surface area (Å²) in [5, 5.41) is 5.51. The number of hydrogen-bond acceptors (Lipinski definition) is 5. The number of carbonyl (C=O) groups excluding carboxylic acids is 2. The molecule has 6 nitrogen and oxygen atoms in total. The Bertz CT molecular complexity index is 244. The quantitative estimate of drug-likeness (QED) is 0.406. The van der Waals surface area contributed by atoms with Crippen LogP contribution >= 0.6 is 0 Å². The number of amides is 1. The number of hydrogen-bond donors (Lipinski definition) is 2. The van der Waals surface area contributed by atoms with Crippen LogP contribution in [-0.4, -0.2) is 50.8 Å². The molecule has 0 aromatic heterocycles. The van der Waals surface area contributed by atoms with Gasteiger partial charge in [-0.1, -0.05) is 0 Å². The Morgan fingerprint density at radius 3 is 2.56 bits per heavy atom. The molecule has 0 radical (unpaired) electrons. The van der Waals surface area contributed by atoms with E-state index in [1.807, 2.05) is 13.8 Å². The van der Waals surface area contributed by atoms with Crippen LogP contribution in [0.1, 0.15) is 27.2 Å². The number of ether oxygens (including phenoxy) is 2. The van der Waals surface area contributed by atoms with Crippen LogP contribution in [0.5, 0.6) is 0 Å². The van der Waals surface area contributed by atoms with Crippen molar-refractivity contribution in [2.75, 3.05) is 33.0 Å². The molecule has 0 saturated carbocycles. The van der Waals surface area contributed by atoms with Gasteiger partial charge in [0.25, 0.3) is 0 Å². The van der Waals surface area contributed by atoms with Gasteiger partial charge in [0.15, 0.2) is 0 Å². The van der Waals surface area contributed by atoms with Gasteiger partial charge in [0, 0.05) is 19.9 Å². The smallest absolute Gasteiger partial charge is 0.216 e. The molecule has 2 N–H and O–H groups in total. The molecule has 0 spiro atoms. The molecule has 1 amide bonds. The second-order valence-corrected chi connectivity index (χ2v) is 4.17. The lowest BCUT2D eigenvalue weighted by molar-refractivity contribution is -0.121. The Balaban J connectivity index is 3.24. The zero-order valence-electron chi connectivity index (χ0n) is 11.5. The third-order valence-electron chi connectivity index (χ3n) is 1.99. The van der Waals surface area contributed by atoms with E-state index in [1.165, 1.54) is 6.92 Å². The maximum absolute atomic E-state index is 11.4. The molecule has 0 atom stereocenters. The summed E-state index contributed by atoms with van der Waals surface area (Å²) in [6.07, 6.45) is 0.527. The maximum Gasteiger partial charge on any atom is 0.216 e. The van der Waals surface area contributed by atoms with Crippen LogP contribution in [0.25, 0.3) is 0 Å². The lowest BCUT2D eigenvalue weighted by Crippen LogP contribution is -2.28. The van der Waals surface area contributed by atoms with Crippen molar-refractivity contribution < 1.29 is 19.1 Å². The highest BCUT2D eigenvalue weighted by atomic mass is 16.5. The predicted octanol–water partition coefficient (Wildman–Crippen LogP) is 0.0704. The van der Waals surface area contributed by atoms with Crippen molar-refractivity contribution in [3.8, 4) is 0 Å². The van der Waals surface area contributed by atoms with E-state index in [0.717, 1.165) is 0 Å². The van der Waals surface area contributed by atoms with E-state index >= 15 is 0 Å². The Hall–Kier alpha value is -0.980. The summed E-state index contributed by atoms with van der Waals surface area (Å²) >= 11 is 0. The highest BCUT2D eigenvalue weighted by molar-refractivity contribution is 5.80. The largest absolute Gasteiger partial charge is 0.379 e. The highest BCUT2D eigenvalue weighted by Crippen LogP contribution is 1.87. The standard InChI is InChI=1S/C12H24N2O4/c1-10(2)18-9-13-8-12(16)4-6-17-7-5-14-11(3)15/h10,13H,4-9H2,1-3H3,(H,14,15). The summed E-state index contributed by atoms with van der Waals surface area (Å²) in [4.78, 5) is 21.9. The van der Waals surface area contributed by atoms with E-state index in [9.17, 15) is 9.59 Å². The SMILES string of the molecule is CC(=O)NCCOCCC(=O)CNCOC(C)C. The van der Waals surface area contributed by atoms with Gasteiger partial charge in [0.2, 0.25) is 5.91 Å². The number of rotatable bonds is 11. The normalized spacial score (nSPS) is 10.7. The van der Waals surface area contributed by atoms with Crippen LogP contribution in [0.2, 0.25) is 0 Å². The summed E-state index contributed by atoms with van der Waals surface area (Å²) in [6.45, 7) is 7.29. The first-order valence-corrected chi connectivity index (χ1v) is 6.18. The second-order valence-electron chi connectivity index (χ2n) is 4.17. The fourth-order valence-corrected chi connectivity index (χ4v) is 1.09. The molecular formula is C12H24N2O4. The van der Waals surface area contributed by atoms with Crippen LogP contribution in [0.15, 0.2) is 0 Å². The van der Waals surface area contributed by atoms with Gasteiger partial charge in [0.1, 0.15) is 5.78 Å². The van der Waals surface area contributed by atoms with Gasteiger partial charge in [-0.05, 0) is 13.8 Å². The molecule has 0 fully saturated rings. The van der Waals surface area contributed by atoms with Crippen molar-refractivity contribution in [3.05, 3.63) is 0 Å². The van der Waals surface area contributed by atoms with E-state index in [-0.39, 0.29) is 17.8 Å². The molecule has 0 bridgehead atoms. The molecule has 0 saturated heterocycles. The molecule has 0 aliphatic heterocycles. The molecule has 0 unspecified atom stereocenters. The highest BCUT2D eigenvalue weighted by Gasteiger charge is 2.01. The number of Topliss-reactive ketones (excluding diaryl/α,β-unsaturated/α-hetero) is 1. The van der Waals surface area contributed by atoms with Crippen LogP contribution in [-0.2, 0) is 19.1 Å². The Morgan fingerprint density at radius 1 is 1.22 bits per heavy atom. The number of ketones is 1. The third-order valence-corrected chi connectivity index (χ3v) is 1.99. The molecule has 0 aromatic rings. The van der Waals surface area contributed by atoms with E-state index in [0.29, 0.717) is 39.5 Å². The lowest BCUT2D eigenvalue weighted by Gasteiger charge is -2.08. The maximum atomic E-state index is 11.4. The van der Waals surface area contributed by atoms with Crippen molar-refractivity contribution in [2.24, 2.45) is 0 Å². The van der Waals surface area contributed by atoms with E-state index in [4.69, 9.17) is 9.47 Å². The van der Waals surface area contributed by atoms with E-state index < -0.39 is 0 Å². The van der Waals surface area contributed by atoms with E-state index in [1.54, 1.807) is 0 Å². The molecule has 106 valence electrons. The Morgan fingerprint density at radius 2 is 1.94 bits per heavy atom. The molecule has 0 aliphatic rings. The average Bonchev–Trinajstić information content (AvgIpc) is 2.28. The molecule has 0 aromatic carbocycles. The van der Waals surface area contributed by atoms with Gasteiger partial charge in [-0.15, -0.1) is 0 Å². The van der Waals surface area contributed by atoms with Crippen LogP contribution in [0.4, 0.5) is 0 Å². The van der Waals surface area contributed by atoms with Gasteiger partial charge in [-0.2, -0.15) is 0 Å². The number of nitrogens with one attached hydrogen (secondary N) is 2. The fraction of sp³-hybridized carbons (Fsp3) is 0.833. The van der Waals surface area contributed by atoms with Crippen LogP contribution < -0.4 is 10.6 Å². The van der Waals surface area contributed by atoms with Gasteiger partial charge in [-0.3, -0.25) is 14.9 Å². The monoisotopic (exact) mass is 260 g/mol. The topological polar surface area (TPSA) is 76.7 Å². The van der Waals surface area contributed by atoms with Gasteiger partial charge in [-0.25, -0.2) is 0 Å². The Kier molecular flexibility index (Phi) is 10.5. The van der Waals surface area contributed by atoms with Crippen molar-refractivity contribution in [1.29, 1.82) is 0 Å². The summed E-state index contributed by atoms with van der Waals surface area (Å²) in [5.74, 6) is 0.00547. The minimum absolute atomic E-state index is 0.0796. The molecule has 0 rings (SSSR count). The Labute approximate surface area is 108 Å². The summed E-state index contributed by atoms with van der Waals surface area (Å²) in [6, 6.07) is 0. The van der Waals surface area contributed by atoms with Gasteiger partial charge in [0.05, 0.1) is 32.6 Å². The molecule has 6 heteroatoms. The third kappa shape index (κ3) is 13.1. The minimum atomic E-state index is -0.0796. The van der Waals surface area contributed by atoms with E-state index in [2.05, 4.69) is 10.6 Å². The lowest BCUT2D eigenvalue weighted by atomic mass is 10.3. The zero-order valence-corrected chi connectivity index (χ0v) is 11.5. The molecule has 18 heavy (non-hydrogen) atoms. The minimum Gasteiger partial charge on any atom is -0.379 e. The van der Waals surface area contributed by atoms with Gasteiger partial charge >= 0.3 is 0 Å². The number of carbonyl (C=O) groups is 2. The summed E-state index contributed by atoms with van der Waals surface area (Å²) < 4.78 is 10.4. The van der Waals surface area contributed by atoms with Gasteiger partial charge < -0.3 is 14.8 Å². The zero-order chi connectivity index (χ0) is 13.8. The molecule has 0 aliphatic carbocycles. The fourth-order valence-electron chi connectivity index (χ4n) is 1.09. The van der Waals surface area contributed by atoms with Crippen molar-refractivity contribution >= 4 is 11.7 Å². The summed E-state index contributed by atoms with van der Waals surface area (Å²) in [7, 11) is 0. The first-order chi connectivity index (χ1) is 8.52. The van der Waals surface area contributed by atoms with Crippen molar-refractivity contribution in [3.63, 3.8) is 0 Å². The van der Waals surface area contributed by atoms with Crippen molar-refractivity contribution in [2.45, 2.75) is 33.3 Å². The van der Waals surface area contributed by atoms with Crippen molar-refractivity contribution in [1.82, 2.24) is 10.6 Å². The first kappa shape index (κ1) is 17.0. The van der Waals surface area contributed by atoms with Crippen LogP contribution in [0, 0.1) is 0 Å².